The Balaban J connectivity index is 1.63. The van der Waals surface area contributed by atoms with E-state index in [2.05, 4.69) is 10.6 Å². The van der Waals surface area contributed by atoms with Gasteiger partial charge < -0.3 is 15.7 Å². The summed E-state index contributed by atoms with van der Waals surface area (Å²) in [5.41, 5.74) is -0.357. The van der Waals surface area contributed by atoms with Gasteiger partial charge in [0.15, 0.2) is 0 Å². The number of nitrogens with one attached hydrogen (secondary N) is 2. The minimum Gasteiger partial charge on any atom is -0.478 e. The molecule has 132 valence electrons. The average molecular weight is 345 g/mol. The number of rotatable bonds is 3. The van der Waals surface area contributed by atoms with Crippen LogP contribution in [0.5, 0.6) is 0 Å². The Morgan fingerprint density at radius 1 is 1.28 bits per heavy atom. The number of benzene rings is 1. The van der Waals surface area contributed by atoms with Crippen LogP contribution in [0.3, 0.4) is 0 Å². The van der Waals surface area contributed by atoms with Gasteiger partial charge in [-0.2, -0.15) is 0 Å². The van der Waals surface area contributed by atoms with Crippen LogP contribution in [-0.2, 0) is 9.59 Å². The number of carboxylic acid groups (broad SMARTS) is 1. The lowest BCUT2D eigenvalue weighted by atomic mass is 9.76. The van der Waals surface area contributed by atoms with E-state index in [1.807, 2.05) is 0 Å². The summed E-state index contributed by atoms with van der Waals surface area (Å²) in [6.45, 7) is 0. The van der Waals surface area contributed by atoms with Crippen molar-refractivity contribution in [1.82, 2.24) is 10.2 Å². The fraction of sp³-hybridized carbons (Fsp3) is 0.412. The minimum atomic E-state index is -1.06. The molecule has 3 rings (SSSR count). The van der Waals surface area contributed by atoms with Crippen molar-refractivity contribution in [3.8, 4) is 0 Å². The SMILES string of the molecule is CN1C(=O)NC2(CCC(C(=O)Nc3cccc(C(=O)O)c3)CC2)C1=O. The van der Waals surface area contributed by atoms with Gasteiger partial charge in [0.25, 0.3) is 5.91 Å². The number of imide groups is 1. The van der Waals surface area contributed by atoms with Gasteiger partial charge in [-0.3, -0.25) is 14.5 Å². The first-order chi connectivity index (χ1) is 11.8. The third-order valence-electron chi connectivity index (χ3n) is 4.95. The van der Waals surface area contributed by atoms with Gasteiger partial charge in [-0.15, -0.1) is 0 Å². The van der Waals surface area contributed by atoms with Crippen LogP contribution in [0.2, 0.25) is 0 Å². The van der Waals surface area contributed by atoms with E-state index in [0.717, 1.165) is 4.90 Å². The number of carboxylic acids is 1. The third kappa shape index (κ3) is 3.07. The molecule has 0 atom stereocenters. The third-order valence-corrected chi connectivity index (χ3v) is 4.95. The van der Waals surface area contributed by atoms with Crippen LogP contribution in [0, 0.1) is 5.92 Å². The van der Waals surface area contributed by atoms with Crippen LogP contribution in [0.15, 0.2) is 24.3 Å². The van der Waals surface area contributed by atoms with E-state index < -0.39 is 17.5 Å². The Morgan fingerprint density at radius 2 is 1.96 bits per heavy atom. The molecule has 25 heavy (non-hydrogen) atoms. The maximum atomic E-state index is 12.4. The largest absolute Gasteiger partial charge is 0.478 e. The van der Waals surface area contributed by atoms with Crippen LogP contribution in [-0.4, -0.2) is 46.4 Å². The van der Waals surface area contributed by atoms with E-state index in [4.69, 9.17) is 5.11 Å². The van der Waals surface area contributed by atoms with Crippen LogP contribution < -0.4 is 10.6 Å². The molecule has 8 heteroatoms. The molecule has 4 amide bonds. The smallest absolute Gasteiger partial charge is 0.335 e. The number of nitrogens with zero attached hydrogens (tertiary/aromatic N) is 1. The van der Waals surface area contributed by atoms with Crippen molar-refractivity contribution < 1.29 is 24.3 Å². The van der Waals surface area contributed by atoms with Crippen molar-refractivity contribution in [1.29, 1.82) is 0 Å². The molecule has 2 aliphatic rings. The number of anilines is 1. The molecular formula is C17H19N3O5. The van der Waals surface area contributed by atoms with Crippen molar-refractivity contribution in [2.24, 2.45) is 5.92 Å². The highest BCUT2D eigenvalue weighted by Crippen LogP contribution is 2.36. The van der Waals surface area contributed by atoms with E-state index in [9.17, 15) is 19.2 Å². The lowest BCUT2D eigenvalue weighted by molar-refractivity contribution is -0.133. The van der Waals surface area contributed by atoms with Gasteiger partial charge in [0.05, 0.1) is 5.56 Å². The first-order valence-electron chi connectivity index (χ1n) is 8.07. The highest BCUT2D eigenvalue weighted by molar-refractivity contribution is 6.07. The molecule has 0 aromatic heterocycles. The maximum Gasteiger partial charge on any atom is 0.335 e. The number of aromatic carboxylic acids is 1. The van der Waals surface area contributed by atoms with Crippen LogP contribution >= 0.6 is 0 Å². The van der Waals surface area contributed by atoms with Gasteiger partial charge in [0.2, 0.25) is 5.91 Å². The topological polar surface area (TPSA) is 116 Å². The fourth-order valence-electron chi connectivity index (χ4n) is 3.44. The Bertz CT molecular complexity index is 752. The molecule has 3 N–H and O–H groups in total. The monoisotopic (exact) mass is 345 g/mol. The zero-order chi connectivity index (χ0) is 18.2. The van der Waals surface area contributed by atoms with Crippen molar-refractivity contribution in [2.45, 2.75) is 31.2 Å². The molecule has 0 radical (unpaired) electrons. The quantitative estimate of drug-likeness (QED) is 0.717. The summed E-state index contributed by atoms with van der Waals surface area (Å²) in [6, 6.07) is 5.65. The first-order valence-corrected chi connectivity index (χ1v) is 8.07. The lowest BCUT2D eigenvalue weighted by Gasteiger charge is -2.34. The number of hydrogen-bond donors (Lipinski definition) is 3. The van der Waals surface area contributed by atoms with Gasteiger partial charge in [0, 0.05) is 18.7 Å². The predicted molar refractivity (Wildman–Crippen MR) is 88.0 cm³/mol. The number of carbonyl (C=O) groups excluding carboxylic acids is 3. The average Bonchev–Trinajstić information content (AvgIpc) is 2.80. The highest BCUT2D eigenvalue weighted by Gasteiger charge is 2.51. The number of likely N-dealkylation sites (N-methyl/N-ethyl adjacent to an activating group) is 1. The van der Waals surface area contributed by atoms with Gasteiger partial charge in [-0.25, -0.2) is 9.59 Å². The molecule has 8 nitrogen and oxygen atoms in total. The summed E-state index contributed by atoms with van der Waals surface area (Å²) in [5, 5.41) is 14.5. The second-order valence-corrected chi connectivity index (χ2v) is 6.53. The Kier molecular flexibility index (Phi) is 4.20. The van der Waals surface area contributed by atoms with Crippen molar-refractivity contribution >= 4 is 29.5 Å². The number of amides is 4. The Morgan fingerprint density at radius 3 is 2.52 bits per heavy atom. The summed E-state index contributed by atoms with van der Waals surface area (Å²) in [5.74, 6) is -1.79. The molecular weight excluding hydrogens is 326 g/mol. The zero-order valence-corrected chi connectivity index (χ0v) is 13.7. The molecule has 1 aliphatic heterocycles. The molecule has 1 spiro atoms. The molecule has 1 heterocycles. The molecule has 1 aliphatic carbocycles. The Hall–Kier alpha value is -2.90. The van der Waals surface area contributed by atoms with Crippen LogP contribution in [0.4, 0.5) is 10.5 Å². The lowest BCUT2D eigenvalue weighted by Crippen LogP contribution is -2.50. The van der Waals surface area contributed by atoms with Gasteiger partial charge in [0.1, 0.15) is 5.54 Å². The molecule has 0 bridgehead atoms. The predicted octanol–water partition coefficient (Wildman–Crippen LogP) is 1.43. The maximum absolute atomic E-state index is 12.4. The van der Waals surface area contributed by atoms with E-state index in [1.165, 1.54) is 19.2 Å². The van der Waals surface area contributed by atoms with E-state index in [-0.39, 0.29) is 23.3 Å². The second-order valence-electron chi connectivity index (χ2n) is 6.53. The fourth-order valence-corrected chi connectivity index (χ4v) is 3.44. The van der Waals surface area contributed by atoms with Crippen molar-refractivity contribution in [2.75, 3.05) is 12.4 Å². The van der Waals surface area contributed by atoms with Crippen molar-refractivity contribution in [3.63, 3.8) is 0 Å². The number of urea groups is 1. The van der Waals surface area contributed by atoms with E-state index in [1.54, 1.807) is 12.1 Å². The molecule has 0 unspecified atom stereocenters. The molecule has 1 saturated heterocycles. The molecule has 1 aromatic rings. The van der Waals surface area contributed by atoms with Gasteiger partial charge >= 0.3 is 12.0 Å². The normalized spacial score (nSPS) is 25.8. The van der Waals surface area contributed by atoms with Gasteiger partial charge in [-0.05, 0) is 43.9 Å². The summed E-state index contributed by atoms with van der Waals surface area (Å²) in [7, 11) is 1.45. The second kappa shape index (κ2) is 6.19. The summed E-state index contributed by atoms with van der Waals surface area (Å²) in [6.07, 6.45) is 1.78. The molecule has 1 saturated carbocycles. The number of hydrogen-bond acceptors (Lipinski definition) is 4. The first kappa shape index (κ1) is 16.9. The summed E-state index contributed by atoms with van der Waals surface area (Å²) >= 11 is 0. The van der Waals surface area contributed by atoms with E-state index in [0.29, 0.717) is 31.4 Å². The summed E-state index contributed by atoms with van der Waals surface area (Å²) in [4.78, 5) is 48.4. The van der Waals surface area contributed by atoms with E-state index >= 15 is 0 Å². The summed E-state index contributed by atoms with van der Waals surface area (Å²) < 4.78 is 0. The van der Waals surface area contributed by atoms with Crippen LogP contribution in [0.1, 0.15) is 36.0 Å². The van der Waals surface area contributed by atoms with Crippen LogP contribution in [0.25, 0.3) is 0 Å². The number of carbonyl (C=O) groups is 4. The zero-order valence-electron chi connectivity index (χ0n) is 13.7. The van der Waals surface area contributed by atoms with Gasteiger partial charge in [-0.1, -0.05) is 6.07 Å². The Labute approximate surface area is 144 Å². The minimum absolute atomic E-state index is 0.0997. The molecule has 2 fully saturated rings. The standard InChI is InChI=1S/C17H19N3O5/c1-20-15(24)17(19-16(20)25)7-5-10(6-8-17)13(21)18-12-4-2-3-11(9-12)14(22)23/h2-4,9-10H,5-8H2,1H3,(H,18,21)(H,19,25)(H,22,23). The van der Waals surface area contributed by atoms with Crippen molar-refractivity contribution in [3.05, 3.63) is 29.8 Å². The molecule has 1 aromatic carbocycles. The highest BCUT2D eigenvalue weighted by atomic mass is 16.4.